The Morgan fingerprint density at radius 3 is 2.72 bits per heavy atom. The summed E-state index contributed by atoms with van der Waals surface area (Å²) in [6.45, 7) is 7.07. The van der Waals surface area contributed by atoms with Crippen LogP contribution in [0.3, 0.4) is 0 Å². The number of anilines is 1. The number of fused-ring (bicyclic) bond motifs is 7. The van der Waals surface area contributed by atoms with Gasteiger partial charge in [-0.1, -0.05) is 58.6 Å². The maximum Gasteiger partial charge on any atom is 0.340 e. The van der Waals surface area contributed by atoms with Crippen LogP contribution in [0.1, 0.15) is 93.9 Å². The van der Waals surface area contributed by atoms with Gasteiger partial charge in [-0.15, -0.1) is 0 Å². The van der Waals surface area contributed by atoms with E-state index in [2.05, 4.69) is 22.4 Å². The number of ether oxygens (including phenoxy) is 2. The maximum atomic E-state index is 14.1. The minimum Gasteiger partial charge on any atom is -0.481 e. The number of allylic oxidation sites excluding steroid dienone is 1. The van der Waals surface area contributed by atoms with Gasteiger partial charge in [-0.05, 0) is 82.0 Å². The van der Waals surface area contributed by atoms with Crippen LogP contribution >= 0.6 is 21.6 Å². The number of nitrogens with two attached hydrogens (primary N) is 1. The summed E-state index contributed by atoms with van der Waals surface area (Å²) in [6, 6.07) is 7.84. The molecule has 3 aromatic rings. The van der Waals surface area contributed by atoms with Crippen molar-refractivity contribution < 1.29 is 28.6 Å². The summed E-state index contributed by atoms with van der Waals surface area (Å²) < 4.78 is 20.0. The monoisotopic (exact) mass is 814 g/mol. The summed E-state index contributed by atoms with van der Waals surface area (Å²) in [5.74, 6) is 1.91. The lowest BCUT2D eigenvalue weighted by Gasteiger charge is -2.52. The van der Waals surface area contributed by atoms with E-state index >= 15 is 0 Å². The lowest BCUT2D eigenvalue weighted by molar-refractivity contribution is -0.183. The van der Waals surface area contributed by atoms with Crippen LogP contribution in [0.15, 0.2) is 63.0 Å². The first-order valence-electron chi connectivity index (χ1n) is 20.3. The lowest BCUT2D eigenvalue weighted by Crippen LogP contribution is -2.64. The summed E-state index contributed by atoms with van der Waals surface area (Å²) in [5, 5.41) is 14.2. The third-order valence-electron chi connectivity index (χ3n) is 13.6. The maximum absolute atomic E-state index is 14.1. The van der Waals surface area contributed by atoms with Gasteiger partial charge in [0.25, 0.3) is 0 Å². The number of nitrogen functional groups attached to an aromatic ring is 1. The fourth-order valence-corrected chi connectivity index (χ4v) is 12.8. The van der Waals surface area contributed by atoms with Crippen LogP contribution in [0.5, 0.6) is 5.75 Å². The van der Waals surface area contributed by atoms with Gasteiger partial charge in [-0.3, -0.25) is 4.79 Å². The zero-order valence-electron chi connectivity index (χ0n) is 33.4. The van der Waals surface area contributed by atoms with Gasteiger partial charge in [-0.2, -0.15) is 0 Å². The number of nitrogens with zero attached hydrogens (tertiary/aromatic N) is 2. The molecule has 2 aromatic heterocycles. The molecule has 5 unspecified atom stereocenters. The Bertz CT molecular complexity index is 2190. The zero-order chi connectivity index (χ0) is 40.1. The molecule has 0 radical (unpaired) electrons. The number of carbonyl (C=O) groups excluding carboxylic acids is 2. The minimum absolute atomic E-state index is 0.00136. The number of aliphatic hydroxyl groups is 1. The molecule has 1 amide bonds. The Hall–Kier alpha value is -3.78. The highest BCUT2D eigenvalue weighted by atomic mass is 33.1. The van der Waals surface area contributed by atoms with Crippen LogP contribution in [-0.2, 0) is 32.6 Å². The van der Waals surface area contributed by atoms with Crippen LogP contribution in [-0.4, -0.2) is 82.4 Å². The molecule has 5 aliphatic rings. The molecule has 5 heterocycles. The fraction of sp³-hybridized carbons (Fsp3) is 0.545. The van der Waals surface area contributed by atoms with Gasteiger partial charge in [0.05, 0.1) is 12.3 Å². The summed E-state index contributed by atoms with van der Waals surface area (Å²) in [6.07, 6.45) is 11.9. The molecule has 4 N–H and O–H groups in total. The number of pyridine rings is 1. The molecule has 5 atom stereocenters. The minimum atomic E-state index is -1.18. The molecule has 2 fully saturated rings. The molecule has 0 bridgehead atoms. The van der Waals surface area contributed by atoms with E-state index in [4.69, 9.17) is 19.6 Å². The predicted octanol–water partition coefficient (Wildman–Crippen LogP) is 6.39. The van der Waals surface area contributed by atoms with Gasteiger partial charge in [0.15, 0.2) is 11.2 Å². The van der Waals surface area contributed by atoms with Gasteiger partial charge in [0.2, 0.25) is 5.91 Å². The number of aromatic nitrogens is 1. The zero-order valence-corrected chi connectivity index (χ0v) is 35.0. The molecule has 3 aliphatic heterocycles. The molecule has 304 valence electrons. The lowest BCUT2D eigenvalue weighted by atomic mass is 9.61. The summed E-state index contributed by atoms with van der Waals surface area (Å²) >= 11 is 0. The largest absolute Gasteiger partial charge is 0.481 e. The predicted molar refractivity (Wildman–Crippen MR) is 226 cm³/mol. The number of benzene rings is 1. The third kappa shape index (κ3) is 6.99. The van der Waals surface area contributed by atoms with Crippen LogP contribution in [0, 0.1) is 5.92 Å². The highest BCUT2D eigenvalue weighted by Gasteiger charge is 2.64. The van der Waals surface area contributed by atoms with Crippen LogP contribution < -0.4 is 21.4 Å². The van der Waals surface area contributed by atoms with Crippen molar-refractivity contribution >= 4 is 50.3 Å². The van der Waals surface area contributed by atoms with E-state index in [1.165, 1.54) is 0 Å². The van der Waals surface area contributed by atoms with Crippen molar-refractivity contribution in [3.8, 4) is 5.75 Å². The van der Waals surface area contributed by atoms with Crippen LogP contribution in [0.4, 0.5) is 5.82 Å². The second kappa shape index (κ2) is 15.8. The molecular weight excluding hydrogens is 761 g/mol. The van der Waals surface area contributed by atoms with E-state index < -0.39 is 28.5 Å². The number of amides is 1. The first-order chi connectivity index (χ1) is 27.4. The molecule has 8 rings (SSSR count). The first kappa shape index (κ1) is 40.0. The molecule has 13 heteroatoms. The quantitative estimate of drug-likeness (QED) is 0.0795. The van der Waals surface area contributed by atoms with Crippen LogP contribution in [0.25, 0.3) is 11.0 Å². The number of aliphatic hydroxyl groups excluding tert-OH is 1. The topological polar surface area (TPSA) is 157 Å². The number of hydrogen-bond donors (Lipinski definition) is 3. The fourth-order valence-electron chi connectivity index (χ4n) is 10.2. The summed E-state index contributed by atoms with van der Waals surface area (Å²) in [7, 11) is 5.50. The average Bonchev–Trinajstić information content (AvgIpc) is 3.56. The van der Waals surface area contributed by atoms with Crippen molar-refractivity contribution in [2.24, 2.45) is 5.92 Å². The number of nitrogens with one attached hydrogen (secondary N) is 1. The van der Waals surface area contributed by atoms with Crippen molar-refractivity contribution in [3.63, 3.8) is 0 Å². The van der Waals surface area contributed by atoms with E-state index in [0.29, 0.717) is 65.8 Å². The van der Waals surface area contributed by atoms with Gasteiger partial charge in [0, 0.05) is 90.2 Å². The smallest absolute Gasteiger partial charge is 0.340 e. The number of esters is 1. The van der Waals surface area contributed by atoms with Gasteiger partial charge >= 0.3 is 11.6 Å². The molecule has 1 saturated heterocycles. The Morgan fingerprint density at radius 1 is 1.16 bits per heavy atom. The summed E-state index contributed by atoms with van der Waals surface area (Å²) in [4.78, 5) is 48.2. The highest BCUT2D eigenvalue weighted by Crippen LogP contribution is 2.58. The number of rotatable bonds is 7. The van der Waals surface area contributed by atoms with E-state index in [1.54, 1.807) is 46.9 Å². The van der Waals surface area contributed by atoms with Crippen molar-refractivity contribution in [2.45, 2.75) is 107 Å². The second-order valence-electron chi connectivity index (χ2n) is 16.9. The molecule has 11 nitrogen and oxygen atoms in total. The molecular formula is C44H54N4O7S2. The second-order valence-corrected chi connectivity index (χ2v) is 19.4. The molecule has 1 saturated carbocycles. The molecule has 1 spiro atoms. The SMILES string of the molecule is CC=C(C)C(=O)OC1(C)CC=C2CSSCC3C(CNC)CN3C(=O)Cc3cnc(N)cc3C2C12Cc1cc3cc(C4(CCO)CCCCC4)c(=O)oc3cc1O2. The number of hydrogen-bond acceptors (Lipinski definition) is 12. The molecule has 57 heavy (non-hydrogen) atoms. The third-order valence-corrected chi connectivity index (χ3v) is 16.0. The number of carbonyl (C=O) groups is 2. The molecule has 2 aliphatic carbocycles. The van der Waals surface area contributed by atoms with Crippen molar-refractivity contribution in [1.29, 1.82) is 0 Å². The Balaban J connectivity index is 1.27. The van der Waals surface area contributed by atoms with Crippen molar-refractivity contribution in [3.05, 3.63) is 86.4 Å². The Labute approximate surface area is 342 Å². The van der Waals surface area contributed by atoms with E-state index in [1.807, 2.05) is 37.9 Å². The Morgan fingerprint density at radius 2 is 1.96 bits per heavy atom. The van der Waals surface area contributed by atoms with E-state index in [9.17, 15) is 19.5 Å². The van der Waals surface area contributed by atoms with Crippen LogP contribution in [0.2, 0.25) is 0 Å². The summed E-state index contributed by atoms with van der Waals surface area (Å²) in [5.41, 5.74) is 8.46. The van der Waals surface area contributed by atoms with Gasteiger partial charge < -0.3 is 34.9 Å². The standard InChI is InChI=1S/C44H54N4O7S2/c1-5-26(2)40(51)55-42(3)12-9-27-24-56-57-25-34-31(21-46-4)23-48(34)38(50)17-30-22-47-37(45)18-32(30)39(27)44(42)20-29-15-28-16-33(41(52)53-35(28)19-36(29)54-44)43(13-14-49)10-7-6-8-11-43/h5,9,15-16,18-19,22,31,34,39,46,49H,6-8,10-14,17,20-21,23-25H2,1-4H3,(H2,45,47). The normalized spacial score (nSPS) is 28.5. The van der Waals surface area contributed by atoms with Crippen molar-refractivity contribution in [2.75, 3.05) is 44.0 Å². The average molecular weight is 815 g/mol. The molecule has 1 aromatic carbocycles. The highest BCUT2D eigenvalue weighted by molar-refractivity contribution is 8.76. The van der Waals surface area contributed by atoms with E-state index in [-0.39, 0.29) is 30.6 Å². The van der Waals surface area contributed by atoms with E-state index in [0.717, 1.165) is 72.1 Å². The van der Waals surface area contributed by atoms with Crippen molar-refractivity contribution in [1.82, 2.24) is 15.2 Å². The van der Waals surface area contributed by atoms with Gasteiger partial charge in [0.1, 0.15) is 17.2 Å². The first-order valence-corrected chi connectivity index (χ1v) is 22.8. The van der Waals surface area contributed by atoms with Gasteiger partial charge in [-0.25, -0.2) is 14.6 Å². The Kier molecular flexibility index (Phi) is 11.1.